The number of ether oxygens (including phenoxy) is 1. The van der Waals surface area contributed by atoms with Crippen molar-refractivity contribution in [1.82, 2.24) is 5.32 Å². The van der Waals surface area contributed by atoms with Gasteiger partial charge >= 0.3 is 5.97 Å². The summed E-state index contributed by atoms with van der Waals surface area (Å²) in [6, 6.07) is -0.916. The van der Waals surface area contributed by atoms with Gasteiger partial charge in [-0.05, 0) is 76.7 Å². The highest BCUT2D eigenvalue weighted by Gasteiger charge is 2.27. The van der Waals surface area contributed by atoms with E-state index in [1.807, 2.05) is 94.1 Å². The van der Waals surface area contributed by atoms with Crippen molar-refractivity contribution < 1.29 is 37.3 Å². The van der Waals surface area contributed by atoms with Gasteiger partial charge in [-0.1, -0.05) is 240 Å². The number of likely N-dealkylation sites (N-methyl/N-ethyl adjacent to an activating group) is 1. The van der Waals surface area contributed by atoms with Crippen molar-refractivity contribution in [1.29, 1.82) is 0 Å². The van der Waals surface area contributed by atoms with Crippen molar-refractivity contribution in [2.45, 2.75) is 245 Å². The van der Waals surface area contributed by atoms with E-state index in [-0.39, 0.29) is 24.9 Å². The Balaban J connectivity index is 5.48. The average molecular weight is 1030 g/mol. The molecular formula is C62H109N2O7P. The van der Waals surface area contributed by atoms with E-state index >= 15 is 0 Å². The van der Waals surface area contributed by atoms with Gasteiger partial charge in [-0.2, -0.15) is 0 Å². The summed E-state index contributed by atoms with van der Waals surface area (Å²) in [6.45, 7) is 6.65. The lowest BCUT2D eigenvalue weighted by molar-refractivity contribution is -0.870. The van der Waals surface area contributed by atoms with Crippen LogP contribution in [-0.2, 0) is 27.9 Å². The minimum absolute atomic E-state index is 0.0360. The van der Waals surface area contributed by atoms with Crippen LogP contribution in [0.5, 0.6) is 0 Å². The first-order valence-corrected chi connectivity index (χ1v) is 30.6. The molecule has 0 aliphatic carbocycles. The van der Waals surface area contributed by atoms with Crippen LogP contribution in [0.3, 0.4) is 0 Å². The highest BCUT2D eigenvalue weighted by molar-refractivity contribution is 7.45. The number of quaternary nitrogens is 1. The predicted molar refractivity (Wildman–Crippen MR) is 307 cm³/mol. The number of amides is 1. The van der Waals surface area contributed by atoms with Gasteiger partial charge in [-0.25, -0.2) is 0 Å². The highest BCUT2D eigenvalue weighted by Crippen LogP contribution is 2.38. The van der Waals surface area contributed by atoms with Crippen molar-refractivity contribution in [3.63, 3.8) is 0 Å². The van der Waals surface area contributed by atoms with Crippen molar-refractivity contribution in [2.24, 2.45) is 0 Å². The third-order valence-electron chi connectivity index (χ3n) is 12.4. The van der Waals surface area contributed by atoms with Gasteiger partial charge in [0.05, 0.1) is 33.8 Å². The Morgan fingerprint density at radius 3 is 1.39 bits per heavy atom. The van der Waals surface area contributed by atoms with Gasteiger partial charge in [0.15, 0.2) is 0 Å². The second-order valence-electron chi connectivity index (χ2n) is 20.6. The van der Waals surface area contributed by atoms with Gasteiger partial charge in [-0.3, -0.25) is 14.2 Å². The Kier molecular flexibility index (Phi) is 49.2. The first kappa shape index (κ1) is 68.9. The summed E-state index contributed by atoms with van der Waals surface area (Å²) in [5.74, 6) is -0.606. The number of rotatable bonds is 51. The molecule has 9 nitrogen and oxygen atoms in total. The average Bonchev–Trinajstić information content (AvgIpc) is 3.34. The molecule has 0 spiro atoms. The van der Waals surface area contributed by atoms with E-state index in [1.165, 1.54) is 109 Å². The lowest BCUT2D eigenvalue weighted by atomic mass is 10.0. The summed E-state index contributed by atoms with van der Waals surface area (Å²) < 4.78 is 30.2. The number of esters is 1. The maximum Gasteiger partial charge on any atom is 0.306 e. The van der Waals surface area contributed by atoms with Gasteiger partial charge in [0.2, 0.25) is 5.91 Å². The van der Waals surface area contributed by atoms with Crippen LogP contribution in [0.4, 0.5) is 0 Å². The zero-order chi connectivity index (χ0) is 52.9. The molecule has 10 heteroatoms. The van der Waals surface area contributed by atoms with Crippen LogP contribution in [0.1, 0.15) is 233 Å². The maximum atomic E-state index is 13.5. The van der Waals surface area contributed by atoms with Crippen LogP contribution in [-0.4, -0.2) is 69.4 Å². The van der Waals surface area contributed by atoms with Crippen LogP contribution in [0.25, 0.3) is 0 Å². The third kappa shape index (κ3) is 51.8. The van der Waals surface area contributed by atoms with E-state index in [2.05, 4.69) is 50.4 Å². The topological polar surface area (TPSA) is 114 Å². The first-order valence-electron chi connectivity index (χ1n) is 29.1. The Morgan fingerprint density at radius 1 is 0.500 bits per heavy atom. The molecule has 72 heavy (non-hydrogen) atoms. The number of nitrogens with one attached hydrogen (secondary N) is 1. The molecule has 0 fully saturated rings. The number of carbonyl (C=O) groups excluding carboxylic acids is 2. The molecule has 414 valence electrons. The van der Waals surface area contributed by atoms with Gasteiger partial charge in [0.25, 0.3) is 7.82 Å². The zero-order valence-electron chi connectivity index (χ0n) is 47.1. The number of phosphoric ester groups is 1. The molecule has 0 saturated carbocycles. The SMILES string of the molecule is CC\C=C/C=C/C=C/C=C\C=C\C=C\CCCCCC(=O)OC(/C=C/CCCCCCCCCCCCC)C(COP(=O)([O-])OCC[N+](C)(C)C)NC(=O)CCCCCCC/C=C/CCCCCCCCC. The smallest absolute Gasteiger partial charge is 0.306 e. The normalized spacial score (nSPS) is 14.5. The third-order valence-corrected chi connectivity index (χ3v) is 13.4. The van der Waals surface area contributed by atoms with E-state index in [0.29, 0.717) is 23.9 Å². The summed E-state index contributed by atoms with van der Waals surface area (Å²) in [5, 5.41) is 3.00. The molecular weight excluding hydrogens is 916 g/mol. The molecule has 1 amide bonds. The molecule has 0 aliphatic heterocycles. The highest BCUT2D eigenvalue weighted by atomic mass is 31.2. The van der Waals surface area contributed by atoms with Crippen LogP contribution < -0.4 is 10.2 Å². The Morgan fingerprint density at radius 2 is 0.903 bits per heavy atom. The number of carbonyl (C=O) groups is 2. The fraction of sp³-hybridized carbons (Fsp3) is 0.710. The maximum absolute atomic E-state index is 13.5. The second-order valence-corrected chi connectivity index (χ2v) is 22.0. The van der Waals surface area contributed by atoms with E-state index in [4.69, 9.17) is 13.8 Å². The molecule has 0 bridgehead atoms. The standard InChI is InChI=1S/C62H109N2O7P/c1-7-10-13-16-19-22-25-28-30-32-34-37-40-43-46-49-52-55-62(66)71-60(53-50-47-44-41-38-35-27-24-21-18-15-12-9-3)59(58-70-72(67,68)69-57-56-64(4,5)6)63-61(65)54-51-48-45-42-39-36-33-31-29-26-23-20-17-14-11-8-2/h10,13,16,19,22,25,28,30-34,37,40,50,53,59-60H,7-9,11-12,14-15,17-18,20-21,23-24,26-27,29,35-36,38-39,41-49,51-52,54-58H2,1-6H3,(H-,63,65,67,68)/b13-10-,19-16+,25-22+,30-28-,33-31+,34-32+,40-37+,53-50+. The second kappa shape index (κ2) is 51.4. The summed E-state index contributed by atoms with van der Waals surface area (Å²) in [5.41, 5.74) is 0. The van der Waals surface area contributed by atoms with Crippen molar-refractivity contribution >= 4 is 19.7 Å². The van der Waals surface area contributed by atoms with Gasteiger partial charge in [-0.15, -0.1) is 0 Å². The number of hydrogen-bond donors (Lipinski definition) is 1. The molecule has 0 heterocycles. The summed E-state index contributed by atoms with van der Waals surface area (Å²) in [4.78, 5) is 39.9. The Bertz CT molecular complexity index is 1560. The monoisotopic (exact) mass is 1020 g/mol. The minimum atomic E-state index is -4.71. The van der Waals surface area contributed by atoms with Crippen molar-refractivity contribution in [2.75, 3.05) is 40.9 Å². The fourth-order valence-corrected chi connectivity index (χ4v) is 8.62. The van der Waals surface area contributed by atoms with Crippen LogP contribution in [0.15, 0.2) is 97.2 Å². The van der Waals surface area contributed by atoms with Crippen LogP contribution >= 0.6 is 7.82 Å². The number of nitrogens with zero attached hydrogens (tertiary/aromatic N) is 1. The summed E-state index contributed by atoms with van der Waals surface area (Å²) in [7, 11) is 1.14. The van der Waals surface area contributed by atoms with E-state index in [9.17, 15) is 19.0 Å². The quantitative estimate of drug-likeness (QED) is 0.0161. The number of hydrogen-bond acceptors (Lipinski definition) is 7. The fourth-order valence-electron chi connectivity index (χ4n) is 7.90. The van der Waals surface area contributed by atoms with Gasteiger partial charge < -0.3 is 28.5 Å². The van der Waals surface area contributed by atoms with E-state index < -0.39 is 26.6 Å². The van der Waals surface area contributed by atoms with E-state index in [1.54, 1.807) is 0 Å². The Labute approximate surface area is 443 Å². The molecule has 0 saturated heterocycles. The molecule has 3 atom stereocenters. The molecule has 0 aromatic carbocycles. The molecule has 0 rings (SSSR count). The van der Waals surface area contributed by atoms with Crippen molar-refractivity contribution in [3.8, 4) is 0 Å². The van der Waals surface area contributed by atoms with Crippen LogP contribution in [0, 0.1) is 0 Å². The number of phosphoric acid groups is 1. The first-order chi connectivity index (χ1) is 34.9. The minimum Gasteiger partial charge on any atom is -0.756 e. The largest absolute Gasteiger partial charge is 0.756 e. The molecule has 0 aliphatic rings. The molecule has 0 aromatic rings. The predicted octanol–water partition coefficient (Wildman–Crippen LogP) is 17.0. The van der Waals surface area contributed by atoms with Gasteiger partial charge in [0.1, 0.15) is 19.3 Å². The molecule has 0 radical (unpaired) electrons. The molecule has 1 N–H and O–H groups in total. The van der Waals surface area contributed by atoms with Crippen molar-refractivity contribution in [3.05, 3.63) is 97.2 Å². The van der Waals surface area contributed by atoms with E-state index in [0.717, 1.165) is 83.5 Å². The lowest BCUT2D eigenvalue weighted by Crippen LogP contribution is -2.47. The zero-order valence-corrected chi connectivity index (χ0v) is 48.0. The summed E-state index contributed by atoms with van der Waals surface area (Å²) in [6.07, 6.45) is 67.9. The van der Waals surface area contributed by atoms with Gasteiger partial charge in [0, 0.05) is 12.8 Å². The number of unbranched alkanes of at least 4 members (excludes halogenated alkanes) is 26. The lowest BCUT2D eigenvalue weighted by Gasteiger charge is -2.30. The Hall–Kier alpha value is -3.07. The summed E-state index contributed by atoms with van der Waals surface area (Å²) >= 11 is 0. The molecule has 0 aromatic heterocycles. The number of allylic oxidation sites excluding steroid dienone is 15. The van der Waals surface area contributed by atoms with Crippen LogP contribution in [0.2, 0.25) is 0 Å². The molecule has 3 unspecified atom stereocenters.